The zero-order valence-electron chi connectivity index (χ0n) is 15.3. The maximum Gasteiger partial charge on any atom is 0.306 e. The van der Waals surface area contributed by atoms with Crippen LogP contribution in [0.3, 0.4) is 0 Å². The molecule has 0 aliphatic rings. The number of esters is 1. The Bertz CT molecular complexity index is 742. The van der Waals surface area contributed by atoms with Gasteiger partial charge in [-0.1, -0.05) is 37.3 Å². The summed E-state index contributed by atoms with van der Waals surface area (Å²) in [5, 5.41) is 2.77. The number of anilines is 1. The highest BCUT2D eigenvalue weighted by molar-refractivity contribution is 5.93. The molecule has 1 amide bonds. The third kappa shape index (κ3) is 6.59. The molecule has 0 bridgehead atoms. The molecule has 2 aromatic carbocycles. The Kier molecular flexibility index (Phi) is 7.68. The van der Waals surface area contributed by atoms with Crippen molar-refractivity contribution in [3.05, 3.63) is 59.7 Å². The molecule has 26 heavy (non-hydrogen) atoms. The number of aryl methyl sites for hydroxylation is 2. The summed E-state index contributed by atoms with van der Waals surface area (Å²) in [6, 6.07) is 15.3. The van der Waals surface area contributed by atoms with Crippen molar-refractivity contribution in [2.75, 3.05) is 18.5 Å². The van der Waals surface area contributed by atoms with Gasteiger partial charge in [0.05, 0.1) is 6.61 Å². The van der Waals surface area contributed by atoms with Gasteiger partial charge in [-0.05, 0) is 49.1 Å². The van der Waals surface area contributed by atoms with Crippen LogP contribution in [-0.4, -0.2) is 25.1 Å². The maximum absolute atomic E-state index is 11.9. The topological polar surface area (TPSA) is 64.6 Å². The molecule has 0 aromatic heterocycles. The minimum absolute atomic E-state index is 0.213. The molecule has 0 atom stereocenters. The number of hydrogen-bond donors (Lipinski definition) is 1. The average molecular weight is 355 g/mol. The maximum atomic E-state index is 11.9. The highest BCUT2D eigenvalue weighted by atomic mass is 16.5. The molecule has 5 nitrogen and oxygen atoms in total. The van der Waals surface area contributed by atoms with Gasteiger partial charge in [0.1, 0.15) is 5.75 Å². The zero-order chi connectivity index (χ0) is 18.8. The number of nitrogens with one attached hydrogen (secondary N) is 1. The molecular formula is C21H25NO4. The van der Waals surface area contributed by atoms with Crippen LogP contribution in [0.1, 0.15) is 30.9 Å². The average Bonchev–Trinajstić information content (AvgIpc) is 2.64. The van der Waals surface area contributed by atoms with Crippen LogP contribution in [0.4, 0.5) is 5.69 Å². The fourth-order valence-electron chi connectivity index (χ4n) is 2.47. The fraction of sp³-hybridized carbons (Fsp3) is 0.333. The van der Waals surface area contributed by atoms with E-state index in [0.29, 0.717) is 13.0 Å². The SMILES string of the molecule is CCc1ccccc1NC(=O)COC(=O)CCCOc1cccc(C)c1. The van der Waals surface area contributed by atoms with Gasteiger partial charge in [0.25, 0.3) is 5.91 Å². The summed E-state index contributed by atoms with van der Waals surface area (Å²) in [7, 11) is 0. The first-order chi connectivity index (χ1) is 12.6. The molecule has 0 spiro atoms. The minimum Gasteiger partial charge on any atom is -0.494 e. The van der Waals surface area contributed by atoms with E-state index in [4.69, 9.17) is 9.47 Å². The molecule has 0 saturated carbocycles. The van der Waals surface area contributed by atoms with Crippen LogP contribution < -0.4 is 10.1 Å². The normalized spacial score (nSPS) is 10.2. The molecule has 0 unspecified atom stereocenters. The highest BCUT2D eigenvalue weighted by Gasteiger charge is 2.09. The first-order valence-electron chi connectivity index (χ1n) is 8.81. The van der Waals surface area contributed by atoms with Crippen molar-refractivity contribution in [2.45, 2.75) is 33.1 Å². The molecule has 5 heteroatoms. The van der Waals surface area contributed by atoms with Crippen molar-refractivity contribution < 1.29 is 19.1 Å². The second-order valence-electron chi connectivity index (χ2n) is 5.99. The van der Waals surface area contributed by atoms with Crippen molar-refractivity contribution in [1.82, 2.24) is 0 Å². The largest absolute Gasteiger partial charge is 0.494 e. The first-order valence-corrected chi connectivity index (χ1v) is 8.81. The molecule has 2 aromatic rings. The lowest BCUT2D eigenvalue weighted by Gasteiger charge is -2.10. The minimum atomic E-state index is -0.406. The molecule has 138 valence electrons. The van der Waals surface area contributed by atoms with Crippen molar-refractivity contribution in [1.29, 1.82) is 0 Å². The Morgan fingerprint density at radius 1 is 1.08 bits per heavy atom. The van der Waals surface area contributed by atoms with E-state index in [2.05, 4.69) is 5.32 Å². The summed E-state index contributed by atoms with van der Waals surface area (Å²) in [6.07, 6.45) is 1.56. The predicted molar refractivity (Wildman–Crippen MR) is 101 cm³/mol. The molecule has 0 radical (unpaired) electrons. The number of carbonyl (C=O) groups is 2. The van der Waals surface area contributed by atoms with E-state index in [-0.39, 0.29) is 18.9 Å². The summed E-state index contributed by atoms with van der Waals surface area (Å²) in [5.74, 6) is 0.0411. The Hall–Kier alpha value is -2.82. The van der Waals surface area contributed by atoms with Crippen molar-refractivity contribution in [3.63, 3.8) is 0 Å². The van der Waals surface area contributed by atoms with Gasteiger partial charge in [0.15, 0.2) is 6.61 Å². The van der Waals surface area contributed by atoms with E-state index in [1.54, 1.807) is 0 Å². The molecule has 2 rings (SSSR count). The fourth-order valence-corrected chi connectivity index (χ4v) is 2.47. The number of hydrogen-bond acceptors (Lipinski definition) is 4. The molecule has 0 aliphatic carbocycles. The van der Waals surface area contributed by atoms with E-state index in [9.17, 15) is 9.59 Å². The van der Waals surface area contributed by atoms with Gasteiger partial charge in [0.2, 0.25) is 0 Å². The standard InChI is InChI=1S/C21H25NO4/c1-3-17-9-4-5-11-19(17)22-20(23)15-26-21(24)12-7-13-25-18-10-6-8-16(2)14-18/h4-6,8-11,14H,3,7,12-13,15H2,1-2H3,(H,22,23). The van der Waals surface area contributed by atoms with Crippen LogP contribution in [0.2, 0.25) is 0 Å². The van der Waals surface area contributed by atoms with Gasteiger partial charge in [-0.3, -0.25) is 9.59 Å². The summed E-state index contributed by atoms with van der Waals surface area (Å²) in [4.78, 5) is 23.6. The second kappa shape index (κ2) is 10.2. The van der Waals surface area contributed by atoms with Crippen molar-refractivity contribution >= 4 is 17.6 Å². The van der Waals surface area contributed by atoms with E-state index in [1.165, 1.54) is 0 Å². The van der Waals surface area contributed by atoms with Gasteiger partial charge in [-0.25, -0.2) is 0 Å². The van der Waals surface area contributed by atoms with Crippen molar-refractivity contribution in [3.8, 4) is 5.75 Å². The summed E-state index contributed by atoms with van der Waals surface area (Å²) in [5.41, 5.74) is 2.92. The summed E-state index contributed by atoms with van der Waals surface area (Å²) >= 11 is 0. The Balaban J connectivity index is 1.64. The molecule has 0 heterocycles. The number of rotatable bonds is 9. The lowest BCUT2D eigenvalue weighted by Crippen LogP contribution is -2.21. The monoisotopic (exact) mass is 355 g/mol. The van der Waals surface area contributed by atoms with Gasteiger partial charge in [0, 0.05) is 12.1 Å². The van der Waals surface area contributed by atoms with Crippen LogP contribution in [0.15, 0.2) is 48.5 Å². The van der Waals surface area contributed by atoms with Crippen LogP contribution in [0.5, 0.6) is 5.75 Å². The third-order valence-corrected chi connectivity index (χ3v) is 3.82. The Morgan fingerprint density at radius 3 is 2.65 bits per heavy atom. The third-order valence-electron chi connectivity index (χ3n) is 3.82. The number of amides is 1. The van der Waals surface area contributed by atoms with E-state index >= 15 is 0 Å². The van der Waals surface area contributed by atoms with E-state index < -0.39 is 5.97 Å². The van der Waals surface area contributed by atoms with Crippen LogP contribution in [0.25, 0.3) is 0 Å². The number of para-hydroxylation sites is 1. The molecule has 0 saturated heterocycles. The summed E-state index contributed by atoms with van der Waals surface area (Å²) < 4.78 is 10.6. The molecular weight excluding hydrogens is 330 g/mol. The Labute approximate surface area is 154 Å². The van der Waals surface area contributed by atoms with Gasteiger partial charge < -0.3 is 14.8 Å². The number of carbonyl (C=O) groups excluding carboxylic acids is 2. The smallest absolute Gasteiger partial charge is 0.306 e. The van der Waals surface area contributed by atoms with Gasteiger partial charge in [-0.2, -0.15) is 0 Å². The lowest BCUT2D eigenvalue weighted by molar-refractivity contribution is -0.147. The quantitative estimate of drug-likeness (QED) is 0.547. The van der Waals surface area contributed by atoms with Crippen LogP contribution >= 0.6 is 0 Å². The zero-order valence-corrected chi connectivity index (χ0v) is 15.3. The molecule has 1 N–H and O–H groups in total. The van der Waals surface area contributed by atoms with Gasteiger partial charge in [-0.15, -0.1) is 0 Å². The Morgan fingerprint density at radius 2 is 1.88 bits per heavy atom. The number of ether oxygens (including phenoxy) is 2. The van der Waals surface area contributed by atoms with E-state index in [0.717, 1.165) is 29.0 Å². The van der Waals surface area contributed by atoms with Crippen molar-refractivity contribution in [2.24, 2.45) is 0 Å². The highest BCUT2D eigenvalue weighted by Crippen LogP contribution is 2.15. The van der Waals surface area contributed by atoms with Crippen LogP contribution in [0, 0.1) is 6.92 Å². The lowest BCUT2D eigenvalue weighted by atomic mass is 10.1. The van der Waals surface area contributed by atoms with E-state index in [1.807, 2.05) is 62.4 Å². The summed E-state index contributed by atoms with van der Waals surface area (Å²) in [6.45, 7) is 4.16. The number of benzene rings is 2. The first kappa shape index (κ1) is 19.5. The van der Waals surface area contributed by atoms with Crippen LogP contribution in [-0.2, 0) is 20.7 Å². The predicted octanol–water partition coefficient (Wildman–Crippen LogP) is 3.90. The molecule has 0 aliphatic heterocycles. The second-order valence-corrected chi connectivity index (χ2v) is 5.99. The molecule has 0 fully saturated rings. The van der Waals surface area contributed by atoms with Gasteiger partial charge >= 0.3 is 5.97 Å².